The van der Waals surface area contributed by atoms with E-state index in [4.69, 9.17) is 5.26 Å². The van der Waals surface area contributed by atoms with Crippen molar-refractivity contribution in [3.8, 4) is 6.07 Å². The topological polar surface area (TPSA) is 82.1 Å². The second-order valence-corrected chi connectivity index (χ2v) is 12.7. The molecular formula is C28H43N3O2. The summed E-state index contributed by atoms with van der Waals surface area (Å²) in [5.41, 5.74) is -0.633. The minimum absolute atomic E-state index is 0.181. The van der Waals surface area contributed by atoms with Crippen molar-refractivity contribution < 1.29 is 10.2 Å². The Morgan fingerprint density at radius 2 is 1.94 bits per heavy atom. The maximum absolute atomic E-state index is 11.7. The van der Waals surface area contributed by atoms with Crippen LogP contribution in [0.25, 0.3) is 0 Å². The van der Waals surface area contributed by atoms with Gasteiger partial charge in [-0.2, -0.15) is 10.4 Å². The van der Waals surface area contributed by atoms with Gasteiger partial charge in [0.25, 0.3) is 0 Å². The maximum atomic E-state index is 11.7. The summed E-state index contributed by atoms with van der Waals surface area (Å²) in [7, 11) is 0. The monoisotopic (exact) mass is 453 g/mol. The van der Waals surface area contributed by atoms with Crippen LogP contribution >= 0.6 is 0 Å². The van der Waals surface area contributed by atoms with E-state index in [0.717, 1.165) is 55.8 Å². The van der Waals surface area contributed by atoms with Crippen molar-refractivity contribution in [2.24, 2.45) is 40.9 Å². The predicted octanol–water partition coefficient (Wildman–Crippen LogP) is 5.31. The van der Waals surface area contributed by atoms with Crippen molar-refractivity contribution in [3.05, 3.63) is 18.0 Å². The van der Waals surface area contributed by atoms with E-state index in [9.17, 15) is 10.2 Å². The van der Waals surface area contributed by atoms with E-state index < -0.39 is 11.2 Å². The summed E-state index contributed by atoms with van der Waals surface area (Å²) < 4.78 is 1.76. The zero-order valence-corrected chi connectivity index (χ0v) is 20.8. The molecule has 9 atom stereocenters. The summed E-state index contributed by atoms with van der Waals surface area (Å²) in [4.78, 5) is 0. The van der Waals surface area contributed by atoms with Crippen molar-refractivity contribution in [2.75, 3.05) is 0 Å². The van der Waals surface area contributed by atoms with Crippen LogP contribution in [0.4, 0.5) is 0 Å². The van der Waals surface area contributed by atoms with Gasteiger partial charge in [0.1, 0.15) is 6.07 Å². The molecule has 0 radical (unpaired) electrons. The van der Waals surface area contributed by atoms with Crippen LogP contribution in [-0.2, 0) is 6.54 Å². The molecule has 1 aromatic rings. The molecule has 1 heterocycles. The molecule has 5 heteroatoms. The molecule has 0 unspecified atom stereocenters. The Bertz CT molecular complexity index is 903. The SMILES string of the molecule is CCC[C@@]1(O)CC[C@H]2[C@H](CC[C@@H]3[C@@H]2CC[C@@]2(C)[C@H]3CC[C@@H]2[C@](C)(O)Cn2ccc(C#N)n2)C1. The van der Waals surface area contributed by atoms with Gasteiger partial charge >= 0.3 is 0 Å². The van der Waals surface area contributed by atoms with Crippen LogP contribution in [0.2, 0.25) is 0 Å². The van der Waals surface area contributed by atoms with E-state index >= 15 is 0 Å². The van der Waals surface area contributed by atoms with Crippen LogP contribution in [0, 0.1) is 52.3 Å². The summed E-state index contributed by atoms with van der Waals surface area (Å²) in [5.74, 6) is 4.11. The van der Waals surface area contributed by atoms with E-state index in [1.54, 1.807) is 10.7 Å². The fourth-order valence-corrected chi connectivity index (χ4v) is 9.62. The molecule has 4 aliphatic carbocycles. The summed E-state index contributed by atoms with van der Waals surface area (Å²) in [5, 5.41) is 36.2. The first-order chi connectivity index (χ1) is 15.7. The molecule has 0 aliphatic heterocycles. The highest BCUT2D eigenvalue weighted by Crippen LogP contribution is 2.66. The number of fused-ring (bicyclic) bond motifs is 5. The fraction of sp³-hybridized carbons (Fsp3) is 0.857. The molecule has 33 heavy (non-hydrogen) atoms. The van der Waals surface area contributed by atoms with E-state index in [1.165, 1.54) is 38.5 Å². The van der Waals surface area contributed by atoms with Gasteiger partial charge in [0.15, 0.2) is 5.69 Å². The van der Waals surface area contributed by atoms with Crippen LogP contribution in [0.3, 0.4) is 0 Å². The molecule has 0 amide bonds. The zero-order chi connectivity index (χ0) is 23.4. The Balaban J connectivity index is 1.31. The van der Waals surface area contributed by atoms with Gasteiger partial charge in [0, 0.05) is 6.20 Å². The first-order valence-electron chi connectivity index (χ1n) is 13.6. The summed E-state index contributed by atoms with van der Waals surface area (Å²) in [6, 6.07) is 3.82. The quantitative estimate of drug-likeness (QED) is 0.633. The Morgan fingerprint density at radius 3 is 2.67 bits per heavy atom. The highest BCUT2D eigenvalue weighted by molar-refractivity contribution is 5.17. The standard InChI is InChI=1S/C28H43N3O2/c1-4-12-28(33)14-10-21-19(16-28)5-6-23-22(21)9-13-26(2)24(23)7-8-25(26)27(3,32)18-31-15-11-20(17-29)30-31/h11,15,19,21-25,32-33H,4-10,12-14,16,18H2,1-3H3/t19-,21+,22-,23-,24+,25+,26+,27-,28-/m1/s1. The van der Waals surface area contributed by atoms with Gasteiger partial charge in [0.05, 0.1) is 17.7 Å². The average Bonchev–Trinajstić information content (AvgIpc) is 3.36. The Kier molecular flexibility index (Phi) is 5.93. The molecule has 2 N–H and O–H groups in total. The van der Waals surface area contributed by atoms with Crippen molar-refractivity contribution in [3.63, 3.8) is 0 Å². The second kappa shape index (κ2) is 8.38. The molecule has 4 fully saturated rings. The molecule has 4 saturated carbocycles. The summed E-state index contributed by atoms with van der Waals surface area (Å²) in [6.45, 7) is 7.12. The summed E-state index contributed by atoms with van der Waals surface area (Å²) in [6.07, 6.45) is 14.5. The van der Waals surface area contributed by atoms with Gasteiger partial charge < -0.3 is 10.2 Å². The second-order valence-electron chi connectivity index (χ2n) is 12.7. The minimum Gasteiger partial charge on any atom is -0.390 e. The number of hydrogen-bond acceptors (Lipinski definition) is 4. The number of aromatic nitrogens is 2. The molecule has 4 aliphatic rings. The maximum Gasteiger partial charge on any atom is 0.162 e. The third kappa shape index (κ3) is 3.96. The lowest BCUT2D eigenvalue weighted by Crippen LogP contribution is -2.53. The highest BCUT2D eigenvalue weighted by atomic mass is 16.3. The summed E-state index contributed by atoms with van der Waals surface area (Å²) >= 11 is 0. The predicted molar refractivity (Wildman–Crippen MR) is 128 cm³/mol. The molecule has 5 rings (SSSR count). The normalized spacial score (nSPS) is 44.2. The number of nitriles is 1. The molecular weight excluding hydrogens is 410 g/mol. The molecule has 0 aromatic carbocycles. The van der Waals surface area contributed by atoms with E-state index in [-0.39, 0.29) is 11.3 Å². The molecule has 5 nitrogen and oxygen atoms in total. The Morgan fingerprint density at radius 1 is 1.15 bits per heavy atom. The van der Waals surface area contributed by atoms with Gasteiger partial charge in [-0.05, 0) is 118 Å². The fourth-order valence-electron chi connectivity index (χ4n) is 9.62. The van der Waals surface area contributed by atoms with Gasteiger partial charge in [-0.1, -0.05) is 20.3 Å². The average molecular weight is 454 g/mol. The van der Waals surface area contributed by atoms with Gasteiger partial charge in [0.2, 0.25) is 0 Å². The lowest BCUT2D eigenvalue weighted by molar-refractivity contribution is -0.130. The van der Waals surface area contributed by atoms with Crippen molar-refractivity contribution in [1.29, 1.82) is 5.26 Å². The number of rotatable bonds is 5. The van der Waals surface area contributed by atoms with Gasteiger partial charge in [-0.15, -0.1) is 0 Å². The van der Waals surface area contributed by atoms with Gasteiger partial charge in [-0.3, -0.25) is 4.68 Å². The number of nitrogens with zero attached hydrogens (tertiary/aromatic N) is 3. The third-order valence-electron chi connectivity index (χ3n) is 10.8. The molecule has 1 aromatic heterocycles. The highest BCUT2D eigenvalue weighted by Gasteiger charge is 2.60. The lowest BCUT2D eigenvalue weighted by atomic mass is 9.48. The van der Waals surface area contributed by atoms with Crippen LogP contribution in [-0.4, -0.2) is 31.2 Å². The molecule has 0 saturated heterocycles. The molecule has 0 bridgehead atoms. The lowest BCUT2D eigenvalue weighted by Gasteiger charge is -2.58. The van der Waals surface area contributed by atoms with Crippen molar-refractivity contribution in [2.45, 2.75) is 109 Å². The van der Waals surface area contributed by atoms with E-state index in [1.807, 2.05) is 13.1 Å². The van der Waals surface area contributed by atoms with E-state index in [2.05, 4.69) is 25.0 Å². The molecule has 0 spiro atoms. The first kappa shape index (κ1) is 23.4. The number of hydrogen-bond donors (Lipinski definition) is 2. The van der Waals surface area contributed by atoms with Crippen LogP contribution in [0.5, 0.6) is 0 Å². The zero-order valence-electron chi connectivity index (χ0n) is 20.8. The number of aliphatic hydroxyl groups is 2. The first-order valence-corrected chi connectivity index (χ1v) is 13.6. The smallest absolute Gasteiger partial charge is 0.162 e. The Hall–Kier alpha value is -1.38. The largest absolute Gasteiger partial charge is 0.390 e. The Labute approximate surface area is 199 Å². The van der Waals surface area contributed by atoms with E-state index in [0.29, 0.717) is 18.2 Å². The third-order valence-corrected chi connectivity index (χ3v) is 10.8. The van der Waals surface area contributed by atoms with Gasteiger partial charge in [-0.25, -0.2) is 0 Å². The van der Waals surface area contributed by atoms with Crippen LogP contribution < -0.4 is 0 Å². The minimum atomic E-state index is -0.826. The van der Waals surface area contributed by atoms with Crippen LogP contribution in [0.1, 0.15) is 97.1 Å². The van der Waals surface area contributed by atoms with Crippen LogP contribution in [0.15, 0.2) is 12.3 Å². The van der Waals surface area contributed by atoms with Crippen molar-refractivity contribution in [1.82, 2.24) is 9.78 Å². The van der Waals surface area contributed by atoms with Crippen molar-refractivity contribution >= 4 is 0 Å². The molecule has 182 valence electrons.